The van der Waals surface area contributed by atoms with Crippen molar-refractivity contribution in [3.63, 3.8) is 0 Å². The molecule has 0 unspecified atom stereocenters. The van der Waals surface area contributed by atoms with Crippen LogP contribution in [0.25, 0.3) is 0 Å². The average molecular weight is 347 g/mol. The van der Waals surface area contributed by atoms with Gasteiger partial charge in [-0.2, -0.15) is 0 Å². The second-order valence-electron chi connectivity index (χ2n) is 5.65. The molecule has 2 aromatic rings. The first kappa shape index (κ1) is 18.7. The van der Waals surface area contributed by atoms with Crippen molar-refractivity contribution in [3.05, 3.63) is 64.7 Å². The Morgan fingerprint density at radius 1 is 1.08 bits per heavy atom. The highest BCUT2D eigenvalue weighted by molar-refractivity contribution is 5.79. The minimum Gasteiger partial charge on any atom is -0.496 e. The van der Waals surface area contributed by atoms with Crippen molar-refractivity contribution < 1.29 is 13.5 Å². The maximum atomic E-state index is 13.6. The Bertz CT molecular complexity index is 747. The van der Waals surface area contributed by atoms with Gasteiger partial charge in [-0.1, -0.05) is 17.7 Å². The van der Waals surface area contributed by atoms with Gasteiger partial charge in [0.2, 0.25) is 0 Å². The Morgan fingerprint density at radius 2 is 1.88 bits per heavy atom. The van der Waals surface area contributed by atoms with Crippen LogP contribution in [-0.4, -0.2) is 26.7 Å². The molecule has 0 radical (unpaired) electrons. The Morgan fingerprint density at radius 3 is 2.60 bits per heavy atom. The molecule has 0 amide bonds. The van der Waals surface area contributed by atoms with E-state index in [-0.39, 0.29) is 12.1 Å². The monoisotopic (exact) mass is 347 g/mol. The van der Waals surface area contributed by atoms with Crippen LogP contribution >= 0.6 is 0 Å². The predicted molar refractivity (Wildman–Crippen MR) is 96.0 cm³/mol. The summed E-state index contributed by atoms with van der Waals surface area (Å²) in [5.41, 5.74) is 2.52. The van der Waals surface area contributed by atoms with Crippen LogP contribution in [0, 0.1) is 18.6 Å². The minimum absolute atomic E-state index is 0.150. The van der Waals surface area contributed by atoms with Gasteiger partial charge in [-0.3, -0.25) is 4.99 Å². The van der Waals surface area contributed by atoms with E-state index in [9.17, 15) is 8.78 Å². The third kappa shape index (κ3) is 5.45. The minimum atomic E-state index is -0.465. The van der Waals surface area contributed by atoms with Crippen molar-refractivity contribution in [1.82, 2.24) is 10.6 Å². The zero-order valence-corrected chi connectivity index (χ0v) is 14.7. The van der Waals surface area contributed by atoms with Crippen molar-refractivity contribution in [3.8, 4) is 5.75 Å². The summed E-state index contributed by atoms with van der Waals surface area (Å²) in [5, 5.41) is 6.14. The summed E-state index contributed by atoms with van der Waals surface area (Å²) in [6.45, 7) is 2.81. The molecule has 0 atom stereocenters. The van der Waals surface area contributed by atoms with Gasteiger partial charge in [-0.15, -0.1) is 0 Å². The van der Waals surface area contributed by atoms with Gasteiger partial charge in [-0.05, 0) is 43.2 Å². The van der Waals surface area contributed by atoms with Gasteiger partial charge >= 0.3 is 0 Å². The van der Waals surface area contributed by atoms with E-state index in [1.54, 1.807) is 14.2 Å². The van der Waals surface area contributed by atoms with Gasteiger partial charge in [0.05, 0.1) is 7.11 Å². The zero-order valence-electron chi connectivity index (χ0n) is 14.7. The van der Waals surface area contributed by atoms with Crippen LogP contribution in [-0.2, 0) is 13.0 Å². The quantitative estimate of drug-likeness (QED) is 0.623. The molecule has 0 spiro atoms. The molecule has 0 aromatic heterocycles. The number of methoxy groups -OCH3 is 1. The van der Waals surface area contributed by atoms with Crippen molar-refractivity contribution >= 4 is 5.96 Å². The number of nitrogens with one attached hydrogen (secondary N) is 2. The van der Waals surface area contributed by atoms with Gasteiger partial charge in [0.25, 0.3) is 0 Å². The molecule has 0 aliphatic carbocycles. The molecule has 2 N–H and O–H groups in total. The number of ether oxygens (including phenoxy) is 1. The van der Waals surface area contributed by atoms with Crippen molar-refractivity contribution in [2.75, 3.05) is 20.7 Å². The molecule has 0 saturated carbocycles. The van der Waals surface area contributed by atoms with Crippen LogP contribution in [0.1, 0.15) is 16.7 Å². The summed E-state index contributed by atoms with van der Waals surface area (Å²) in [6, 6.07) is 9.42. The summed E-state index contributed by atoms with van der Waals surface area (Å²) in [4.78, 5) is 4.09. The highest BCUT2D eigenvalue weighted by Crippen LogP contribution is 2.19. The summed E-state index contributed by atoms with van der Waals surface area (Å²) in [7, 11) is 3.28. The number of halogens is 2. The second-order valence-corrected chi connectivity index (χ2v) is 5.65. The Hall–Kier alpha value is -2.63. The van der Waals surface area contributed by atoms with E-state index < -0.39 is 11.6 Å². The van der Waals surface area contributed by atoms with E-state index in [2.05, 4.69) is 21.7 Å². The van der Waals surface area contributed by atoms with E-state index in [1.807, 2.05) is 19.1 Å². The Kier molecular flexibility index (Phi) is 6.74. The maximum Gasteiger partial charge on any atom is 0.191 e. The second kappa shape index (κ2) is 9.01. The fourth-order valence-electron chi connectivity index (χ4n) is 2.50. The fourth-order valence-corrected chi connectivity index (χ4v) is 2.50. The van der Waals surface area contributed by atoms with Crippen molar-refractivity contribution in [2.24, 2.45) is 4.99 Å². The standard InChI is InChI=1S/C19H23F2N3O/c1-13-4-7-18(25-3)14(10-13)8-9-23-19(22-2)24-12-15-11-16(20)5-6-17(15)21/h4-7,10-11H,8-9,12H2,1-3H3,(H2,22,23,24). The molecular weight excluding hydrogens is 324 g/mol. The predicted octanol–water partition coefficient (Wildman–Crippen LogP) is 3.19. The number of guanidine groups is 1. The Balaban J connectivity index is 1.89. The lowest BCUT2D eigenvalue weighted by Crippen LogP contribution is -2.38. The molecule has 0 aliphatic rings. The number of rotatable bonds is 6. The maximum absolute atomic E-state index is 13.6. The average Bonchev–Trinajstić information content (AvgIpc) is 2.60. The van der Waals surface area contributed by atoms with Crippen LogP contribution in [0.2, 0.25) is 0 Å². The molecule has 0 bridgehead atoms. The number of aryl methyl sites for hydroxylation is 1. The normalized spacial score (nSPS) is 11.3. The molecule has 0 heterocycles. The van der Waals surface area contributed by atoms with Crippen LogP contribution in [0.3, 0.4) is 0 Å². The number of hydrogen-bond acceptors (Lipinski definition) is 2. The molecule has 134 valence electrons. The first-order chi connectivity index (χ1) is 12.0. The van der Waals surface area contributed by atoms with E-state index in [4.69, 9.17) is 4.74 Å². The first-order valence-electron chi connectivity index (χ1n) is 8.05. The van der Waals surface area contributed by atoms with Crippen LogP contribution in [0.15, 0.2) is 41.4 Å². The summed E-state index contributed by atoms with van der Waals surface area (Å²) < 4.78 is 32.2. The number of aliphatic imine (C=N–C) groups is 1. The van der Waals surface area contributed by atoms with Gasteiger partial charge < -0.3 is 15.4 Å². The topological polar surface area (TPSA) is 45.7 Å². The summed E-state index contributed by atoms with van der Waals surface area (Å²) >= 11 is 0. The number of hydrogen-bond donors (Lipinski definition) is 2. The van der Waals surface area contributed by atoms with E-state index in [0.717, 1.165) is 29.9 Å². The van der Waals surface area contributed by atoms with Gasteiger partial charge in [0, 0.05) is 25.7 Å². The lowest BCUT2D eigenvalue weighted by atomic mass is 10.1. The molecule has 0 saturated heterocycles. The van der Waals surface area contributed by atoms with Gasteiger partial charge in [0.15, 0.2) is 5.96 Å². The number of nitrogens with zero attached hydrogens (tertiary/aromatic N) is 1. The lowest BCUT2D eigenvalue weighted by Gasteiger charge is -2.14. The van der Waals surface area contributed by atoms with Crippen molar-refractivity contribution in [2.45, 2.75) is 19.9 Å². The smallest absolute Gasteiger partial charge is 0.191 e. The SMILES string of the molecule is CN=C(NCCc1cc(C)ccc1OC)NCc1cc(F)ccc1F. The molecular formula is C19H23F2N3O. The van der Waals surface area contributed by atoms with E-state index in [1.165, 1.54) is 11.6 Å². The molecule has 0 fully saturated rings. The van der Waals surface area contributed by atoms with Crippen LogP contribution in [0.5, 0.6) is 5.75 Å². The highest BCUT2D eigenvalue weighted by atomic mass is 19.1. The highest BCUT2D eigenvalue weighted by Gasteiger charge is 2.06. The summed E-state index contributed by atoms with van der Waals surface area (Å²) in [5.74, 6) is 0.453. The third-order valence-electron chi connectivity index (χ3n) is 3.80. The van der Waals surface area contributed by atoms with Crippen LogP contribution in [0.4, 0.5) is 8.78 Å². The van der Waals surface area contributed by atoms with Crippen molar-refractivity contribution in [1.29, 1.82) is 0 Å². The van der Waals surface area contributed by atoms with Crippen LogP contribution < -0.4 is 15.4 Å². The molecule has 4 nitrogen and oxygen atoms in total. The molecule has 0 aliphatic heterocycles. The van der Waals surface area contributed by atoms with Gasteiger partial charge in [-0.25, -0.2) is 8.78 Å². The molecule has 2 rings (SSSR count). The Labute approximate surface area is 146 Å². The fraction of sp³-hybridized carbons (Fsp3) is 0.316. The first-order valence-corrected chi connectivity index (χ1v) is 8.05. The molecule has 25 heavy (non-hydrogen) atoms. The molecule has 2 aromatic carbocycles. The lowest BCUT2D eigenvalue weighted by molar-refractivity contribution is 0.409. The number of benzene rings is 2. The zero-order chi connectivity index (χ0) is 18.2. The third-order valence-corrected chi connectivity index (χ3v) is 3.80. The molecule has 6 heteroatoms. The largest absolute Gasteiger partial charge is 0.496 e. The van der Waals surface area contributed by atoms with Gasteiger partial charge in [0.1, 0.15) is 17.4 Å². The van der Waals surface area contributed by atoms with E-state index >= 15 is 0 Å². The summed E-state index contributed by atoms with van der Waals surface area (Å²) in [6.07, 6.45) is 0.750. The van der Waals surface area contributed by atoms with E-state index in [0.29, 0.717) is 12.5 Å².